The first-order chi connectivity index (χ1) is 14.7. The summed E-state index contributed by atoms with van der Waals surface area (Å²) in [6, 6.07) is 10.5. The van der Waals surface area contributed by atoms with Crippen LogP contribution in [0.5, 0.6) is 0 Å². The lowest BCUT2D eigenvalue weighted by Gasteiger charge is -2.15. The third-order valence-electron chi connectivity index (χ3n) is 4.87. The number of carbonyl (C=O) groups excluding carboxylic acids is 1. The molecule has 9 heteroatoms. The molecule has 0 fully saturated rings. The number of rotatable bonds is 5. The maximum Gasteiger partial charge on any atom is 0.335 e. The van der Waals surface area contributed by atoms with Crippen molar-refractivity contribution in [3.63, 3.8) is 0 Å². The molecule has 0 radical (unpaired) electrons. The van der Waals surface area contributed by atoms with Crippen LogP contribution in [0.4, 0.5) is 11.4 Å². The standard InChI is InChI=1S/C22H17IN4O4/c1-10-19(11(2)31-27-10)12-3-4-16-18(7-12)25-9-17(21(24)28)20(16)26-15-6-13(22(29)30)5-14(23)8-15/h3-9H,1-2H3,(H2,24,28)(H,25,26)(H,29,30). The van der Waals surface area contributed by atoms with Crippen LogP contribution >= 0.6 is 22.6 Å². The number of aromatic carboxylic acids is 1. The Morgan fingerprint density at radius 1 is 1.16 bits per heavy atom. The van der Waals surface area contributed by atoms with Gasteiger partial charge in [-0.3, -0.25) is 9.78 Å². The van der Waals surface area contributed by atoms with Crippen molar-refractivity contribution in [3.05, 3.63) is 68.7 Å². The van der Waals surface area contributed by atoms with Crippen molar-refractivity contribution in [2.45, 2.75) is 13.8 Å². The van der Waals surface area contributed by atoms with E-state index in [-0.39, 0.29) is 11.1 Å². The fourth-order valence-corrected chi connectivity index (χ4v) is 4.17. The number of nitrogens with zero attached hydrogens (tertiary/aromatic N) is 2. The predicted molar refractivity (Wildman–Crippen MR) is 125 cm³/mol. The quantitative estimate of drug-likeness (QED) is 0.322. The molecule has 0 aliphatic carbocycles. The van der Waals surface area contributed by atoms with Crippen molar-refractivity contribution in [2.75, 3.05) is 5.32 Å². The lowest BCUT2D eigenvalue weighted by Crippen LogP contribution is -2.14. The molecule has 4 rings (SSSR count). The van der Waals surface area contributed by atoms with Gasteiger partial charge < -0.3 is 20.7 Å². The van der Waals surface area contributed by atoms with E-state index in [9.17, 15) is 14.7 Å². The van der Waals surface area contributed by atoms with Gasteiger partial charge in [0.05, 0.1) is 28.0 Å². The average molecular weight is 528 g/mol. The van der Waals surface area contributed by atoms with Gasteiger partial charge in [0.25, 0.3) is 5.91 Å². The second-order valence-electron chi connectivity index (χ2n) is 7.00. The number of hydrogen-bond acceptors (Lipinski definition) is 6. The summed E-state index contributed by atoms with van der Waals surface area (Å²) < 4.78 is 6.00. The topological polar surface area (TPSA) is 131 Å². The zero-order valence-electron chi connectivity index (χ0n) is 16.6. The highest BCUT2D eigenvalue weighted by Gasteiger charge is 2.17. The number of aromatic nitrogens is 2. The summed E-state index contributed by atoms with van der Waals surface area (Å²) in [6.07, 6.45) is 1.41. The lowest BCUT2D eigenvalue weighted by molar-refractivity contribution is 0.0696. The summed E-state index contributed by atoms with van der Waals surface area (Å²) in [5, 5.41) is 17.2. The van der Waals surface area contributed by atoms with Crippen molar-refractivity contribution < 1.29 is 19.2 Å². The van der Waals surface area contributed by atoms with Crippen LogP contribution in [0.25, 0.3) is 22.0 Å². The van der Waals surface area contributed by atoms with E-state index in [1.54, 1.807) is 12.1 Å². The maximum atomic E-state index is 12.1. The van der Waals surface area contributed by atoms with E-state index in [0.717, 1.165) is 20.4 Å². The number of carbonyl (C=O) groups is 2. The van der Waals surface area contributed by atoms with Gasteiger partial charge >= 0.3 is 5.97 Å². The first-order valence-corrected chi connectivity index (χ1v) is 10.3. The van der Waals surface area contributed by atoms with Crippen molar-refractivity contribution in [1.82, 2.24) is 10.1 Å². The smallest absolute Gasteiger partial charge is 0.335 e. The minimum absolute atomic E-state index is 0.133. The van der Waals surface area contributed by atoms with E-state index in [1.165, 1.54) is 12.3 Å². The van der Waals surface area contributed by atoms with Crippen molar-refractivity contribution in [3.8, 4) is 11.1 Å². The van der Waals surface area contributed by atoms with Gasteiger partial charge in [-0.25, -0.2) is 4.79 Å². The minimum atomic E-state index is -1.04. The molecule has 2 aromatic carbocycles. The van der Waals surface area contributed by atoms with Crippen LogP contribution < -0.4 is 11.1 Å². The van der Waals surface area contributed by atoms with E-state index in [2.05, 4.69) is 15.5 Å². The van der Waals surface area contributed by atoms with Gasteiger partial charge in [-0.2, -0.15) is 0 Å². The van der Waals surface area contributed by atoms with Crippen molar-refractivity contribution in [1.29, 1.82) is 0 Å². The van der Waals surface area contributed by atoms with Crippen LogP contribution in [-0.2, 0) is 0 Å². The SMILES string of the molecule is Cc1noc(C)c1-c1ccc2c(Nc3cc(I)cc(C(=O)O)c3)c(C(N)=O)cnc2c1. The zero-order valence-corrected chi connectivity index (χ0v) is 18.7. The van der Waals surface area contributed by atoms with Crippen molar-refractivity contribution >= 4 is 56.7 Å². The Morgan fingerprint density at radius 3 is 2.58 bits per heavy atom. The maximum absolute atomic E-state index is 12.1. The number of nitrogens with one attached hydrogen (secondary N) is 1. The van der Waals surface area contributed by atoms with Crippen LogP contribution in [0.3, 0.4) is 0 Å². The molecule has 0 saturated heterocycles. The molecule has 0 saturated carbocycles. The van der Waals surface area contributed by atoms with Crippen LogP contribution in [0.15, 0.2) is 47.1 Å². The number of primary amides is 1. The number of hydrogen-bond donors (Lipinski definition) is 3. The molecule has 2 heterocycles. The third-order valence-corrected chi connectivity index (χ3v) is 5.49. The molecule has 0 aliphatic heterocycles. The van der Waals surface area contributed by atoms with Gasteiger partial charge in [0.2, 0.25) is 0 Å². The van der Waals surface area contributed by atoms with E-state index in [4.69, 9.17) is 10.3 Å². The van der Waals surface area contributed by atoms with Crippen LogP contribution in [-0.4, -0.2) is 27.1 Å². The molecular weight excluding hydrogens is 511 g/mol. The normalized spacial score (nSPS) is 10.9. The highest BCUT2D eigenvalue weighted by molar-refractivity contribution is 14.1. The van der Waals surface area contributed by atoms with Crippen molar-refractivity contribution in [2.24, 2.45) is 5.73 Å². The van der Waals surface area contributed by atoms with E-state index in [0.29, 0.717) is 28.0 Å². The number of benzene rings is 2. The van der Waals surface area contributed by atoms with Crippen LogP contribution in [0.1, 0.15) is 32.2 Å². The highest BCUT2D eigenvalue weighted by Crippen LogP contribution is 2.34. The molecule has 0 spiro atoms. The Bertz CT molecular complexity index is 1340. The summed E-state index contributed by atoms with van der Waals surface area (Å²) in [5.41, 5.74) is 10.1. The van der Waals surface area contributed by atoms with Crippen LogP contribution in [0.2, 0.25) is 0 Å². The average Bonchev–Trinajstić information content (AvgIpc) is 3.05. The second-order valence-corrected chi connectivity index (χ2v) is 8.25. The molecule has 0 aliphatic rings. The summed E-state index contributed by atoms with van der Waals surface area (Å²) in [6.45, 7) is 3.71. The number of fused-ring (bicyclic) bond motifs is 1. The van der Waals surface area contributed by atoms with E-state index in [1.807, 2.05) is 54.6 Å². The Hall–Kier alpha value is -3.47. The van der Waals surface area contributed by atoms with Gasteiger partial charge in [0.15, 0.2) is 0 Å². The molecule has 1 amide bonds. The molecule has 0 bridgehead atoms. The Balaban J connectivity index is 1.88. The molecule has 4 aromatic rings. The molecular formula is C22H17IN4O4. The highest BCUT2D eigenvalue weighted by atomic mass is 127. The Kier molecular flexibility index (Phi) is 5.36. The molecule has 156 valence electrons. The first kappa shape index (κ1) is 20.8. The largest absolute Gasteiger partial charge is 0.478 e. The molecule has 4 N–H and O–H groups in total. The molecule has 2 aromatic heterocycles. The van der Waals surface area contributed by atoms with Crippen LogP contribution in [0, 0.1) is 17.4 Å². The number of carboxylic acids is 1. The number of anilines is 2. The number of carboxylic acid groups (broad SMARTS) is 1. The predicted octanol–water partition coefficient (Wildman–Crippen LogP) is 4.65. The lowest BCUT2D eigenvalue weighted by atomic mass is 10.0. The third kappa shape index (κ3) is 3.96. The van der Waals surface area contributed by atoms with Gasteiger partial charge in [0, 0.05) is 26.4 Å². The number of nitrogens with two attached hydrogens (primary N) is 1. The first-order valence-electron chi connectivity index (χ1n) is 9.21. The monoisotopic (exact) mass is 528 g/mol. The number of pyridine rings is 1. The minimum Gasteiger partial charge on any atom is -0.478 e. The van der Waals surface area contributed by atoms with Gasteiger partial charge in [-0.15, -0.1) is 0 Å². The van der Waals surface area contributed by atoms with Gasteiger partial charge in [-0.05, 0) is 66.3 Å². The van der Waals surface area contributed by atoms with E-state index < -0.39 is 11.9 Å². The Morgan fingerprint density at radius 2 is 1.94 bits per heavy atom. The van der Waals surface area contributed by atoms with Gasteiger partial charge in [0.1, 0.15) is 5.76 Å². The van der Waals surface area contributed by atoms with Gasteiger partial charge in [-0.1, -0.05) is 17.3 Å². The second kappa shape index (κ2) is 7.99. The Labute approximate surface area is 190 Å². The zero-order chi connectivity index (χ0) is 22.3. The molecule has 0 unspecified atom stereocenters. The molecule has 31 heavy (non-hydrogen) atoms. The summed E-state index contributed by atoms with van der Waals surface area (Å²) >= 11 is 2.04. The number of amides is 1. The molecule has 8 nitrogen and oxygen atoms in total. The van der Waals surface area contributed by atoms with E-state index >= 15 is 0 Å². The summed E-state index contributed by atoms with van der Waals surface area (Å²) in [7, 11) is 0. The molecule has 0 atom stereocenters. The summed E-state index contributed by atoms with van der Waals surface area (Å²) in [4.78, 5) is 27.9. The summed E-state index contributed by atoms with van der Waals surface area (Å²) in [5.74, 6) is -0.986. The number of aryl methyl sites for hydroxylation is 2. The fourth-order valence-electron chi connectivity index (χ4n) is 3.50. The fraction of sp³-hybridized carbons (Fsp3) is 0.0909. The number of halogens is 1.